The number of anilines is 2. The van der Waals surface area contributed by atoms with Gasteiger partial charge in [-0.25, -0.2) is 4.79 Å². The van der Waals surface area contributed by atoms with Crippen molar-refractivity contribution < 1.29 is 27.8 Å². The van der Waals surface area contributed by atoms with Gasteiger partial charge in [0.05, 0.1) is 30.6 Å². The molecule has 0 radical (unpaired) electrons. The highest BCUT2D eigenvalue weighted by atomic mass is 19.3. The van der Waals surface area contributed by atoms with E-state index in [1.165, 1.54) is 6.07 Å². The van der Waals surface area contributed by atoms with Gasteiger partial charge in [0.1, 0.15) is 5.60 Å². The lowest BCUT2D eigenvalue weighted by Crippen LogP contribution is -2.24. The fraction of sp³-hybridized carbons (Fsp3) is 0.320. The molecule has 0 saturated carbocycles. The van der Waals surface area contributed by atoms with E-state index < -0.39 is 18.2 Å². The molecule has 0 aliphatic rings. The molecule has 9 heteroatoms. The zero-order valence-electron chi connectivity index (χ0n) is 19.5. The summed E-state index contributed by atoms with van der Waals surface area (Å²) in [5.74, 6) is -0.290. The van der Waals surface area contributed by atoms with Crippen LogP contribution in [0.5, 0.6) is 11.5 Å². The largest absolute Gasteiger partial charge is 0.490 e. The van der Waals surface area contributed by atoms with Crippen molar-refractivity contribution in [2.24, 2.45) is 0 Å². The molecule has 0 aliphatic carbocycles. The Kier molecular flexibility index (Phi) is 7.99. The van der Waals surface area contributed by atoms with Crippen LogP contribution in [0, 0.1) is 0 Å². The van der Waals surface area contributed by atoms with Gasteiger partial charge in [0, 0.05) is 29.8 Å². The van der Waals surface area contributed by atoms with Crippen LogP contribution in [0.25, 0.3) is 0 Å². The number of hydrogen-bond acceptors (Lipinski definition) is 7. The fourth-order valence-electron chi connectivity index (χ4n) is 3.15. The topological polar surface area (TPSA) is 73.8 Å². The monoisotopic (exact) mass is 471 g/mol. The first-order valence-corrected chi connectivity index (χ1v) is 10.7. The van der Waals surface area contributed by atoms with Crippen molar-refractivity contribution in [3.05, 3.63) is 72.3 Å². The number of nitrogens with zero attached hydrogens (tertiary/aromatic N) is 3. The minimum Gasteiger partial charge on any atom is -0.490 e. The van der Waals surface area contributed by atoms with Gasteiger partial charge in [0.15, 0.2) is 11.5 Å². The number of carbonyl (C=O) groups excluding carboxylic acids is 1. The summed E-state index contributed by atoms with van der Waals surface area (Å²) in [6.45, 7) is 4.81. The normalized spacial score (nSPS) is 11.3. The van der Waals surface area contributed by atoms with Crippen LogP contribution in [0.4, 0.5) is 20.2 Å². The Balaban J connectivity index is 1.98. The summed E-state index contributed by atoms with van der Waals surface area (Å²) in [4.78, 5) is 22.7. The van der Waals surface area contributed by atoms with Crippen LogP contribution in [0.2, 0.25) is 0 Å². The second-order valence-corrected chi connectivity index (χ2v) is 8.27. The Morgan fingerprint density at radius 1 is 1.03 bits per heavy atom. The van der Waals surface area contributed by atoms with Gasteiger partial charge in [0.25, 0.3) is 0 Å². The van der Waals surface area contributed by atoms with Gasteiger partial charge >= 0.3 is 12.6 Å². The van der Waals surface area contributed by atoms with Crippen LogP contribution in [0.1, 0.15) is 43.7 Å². The summed E-state index contributed by atoms with van der Waals surface area (Å²) in [5.41, 5.74) is 1.88. The van der Waals surface area contributed by atoms with Crippen molar-refractivity contribution >= 4 is 17.3 Å². The Hall–Kier alpha value is -3.75. The minimum atomic E-state index is -2.97. The molecule has 0 aliphatic heterocycles. The van der Waals surface area contributed by atoms with E-state index in [1.54, 1.807) is 82.7 Å². The van der Waals surface area contributed by atoms with E-state index in [4.69, 9.17) is 9.47 Å². The highest BCUT2D eigenvalue weighted by Gasteiger charge is 2.20. The lowest BCUT2D eigenvalue weighted by molar-refractivity contribution is -0.0514. The highest BCUT2D eigenvalue weighted by Crippen LogP contribution is 2.36. The smallest absolute Gasteiger partial charge is 0.387 e. The zero-order valence-corrected chi connectivity index (χ0v) is 19.5. The number of hydrogen-bond donors (Lipinski definition) is 0. The first kappa shape index (κ1) is 24.9. The molecule has 0 spiro atoms. The first-order valence-electron chi connectivity index (χ1n) is 10.7. The van der Waals surface area contributed by atoms with Gasteiger partial charge < -0.3 is 19.1 Å². The van der Waals surface area contributed by atoms with E-state index in [2.05, 4.69) is 14.7 Å². The Labute approximate surface area is 197 Å². The summed E-state index contributed by atoms with van der Waals surface area (Å²) < 4.78 is 41.2. The van der Waals surface area contributed by atoms with Gasteiger partial charge in [0.2, 0.25) is 0 Å². The van der Waals surface area contributed by atoms with Gasteiger partial charge in [-0.2, -0.15) is 8.78 Å². The number of alkyl halides is 2. The van der Waals surface area contributed by atoms with Gasteiger partial charge in [-0.15, -0.1) is 0 Å². The quantitative estimate of drug-likeness (QED) is 0.367. The average Bonchev–Trinajstić information content (AvgIpc) is 2.78. The molecular formula is C25H27F2N3O4. The Bertz CT molecular complexity index is 1090. The summed E-state index contributed by atoms with van der Waals surface area (Å²) >= 11 is 0. The second kappa shape index (κ2) is 10.9. The molecule has 0 N–H and O–H groups in total. The number of rotatable bonds is 9. The summed E-state index contributed by atoms with van der Waals surface area (Å²) in [6, 6.07) is 11.6. The van der Waals surface area contributed by atoms with Crippen LogP contribution in [0.3, 0.4) is 0 Å². The second-order valence-electron chi connectivity index (χ2n) is 8.27. The third kappa shape index (κ3) is 6.87. The Morgan fingerprint density at radius 2 is 1.74 bits per heavy atom. The van der Waals surface area contributed by atoms with E-state index in [-0.39, 0.29) is 18.1 Å². The molecule has 7 nitrogen and oxygen atoms in total. The number of ether oxygens (including phenoxy) is 3. The van der Waals surface area contributed by atoms with E-state index in [9.17, 15) is 13.6 Å². The minimum absolute atomic E-state index is 0.0553. The highest BCUT2D eigenvalue weighted by molar-refractivity contribution is 5.90. The van der Waals surface area contributed by atoms with Crippen molar-refractivity contribution in [3.63, 3.8) is 0 Å². The third-order valence-corrected chi connectivity index (χ3v) is 4.51. The summed E-state index contributed by atoms with van der Waals surface area (Å²) in [7, 11) is 0. The molecule has 0 atom stereocenters. The maximum absolute atomic E-state index is 12.8. The standard InChI is InChI=1S/C25H27F2N3O4/c1-5-32-22-14-20(10-11-21(22)33-24(26)27)30(16-18-15-28-12-13-29-18)19-8-6-17(7-9-19)23(31)34-25(2,3)4/h6-15,24H,5,16H2,1-4H3. The zero-order chi connectivity index (χ0) is 24.7. The van der Waals surface area contributed by atoms with Gasteiger partial charge in [-0.1, -0.05) is 0 Å². The third-order valence-electron chi connectivity index (χ3n) is 4.51. The van der Waals surface area contributed by atoms with Crippen LogP contribution >= 0.6 is 0 Å². The molecule has 2 aromatic carbocycles. The van der Waals surface area contributed by atoms with Gasteiger partial charge in [-0.3, -0.25) is 9.97 Å². The molecule has 0 amide bonds. The number of carbonyl (C=O) groups is 1. The van der Waals surface area contributed by atoms with E-state index in [0.717, 1.165) is 5.69 Å². The predicted octanol–water partition coefficient (Wildman–Crippen LogP) is 5.77. The van der Waals surface area contributed by atoms with E-state index in [1.807, 2.05) is 4.90 Å². The van der Waals surface area contributed by atoms with Crippen molar-refractivity contribution in [1.29, 1.82) is 0 Å². The molecule has 1 aromatic heterocycles. The molecule has 180 valence electrons. The van der Waals surface area contributed by atoms with E-state index in [0.29, 0.717) is 23.5 Å². The van der Waals surface area contributed by atoms with Crippen LogP contribution < -0.4 is 14.4 Å². The van der Waals surface area contributed by atoms with Crippen LogP contribution in [-0.2, 0) is 11.3 Å². The lowest BCUT2D eigenvalue weighted by Gasteiger charge is -2.26. The first-order chi connectivity index (χ1) is 16.2. The predicted molar refractivity (Wildman–Crippen MR) is 124 cm³/mol. The van der Waals surface area contributed by atoms with Crippen LogP contribution in [-0.4, -0.2) is 34.8 Å². The average molecular weight is 472 g/mol. The Morgan fingerprint density at radius 3 is 2.32 bits per heavy atom. The van der Waals surface area contributed by atoms with Crippen molar-refractivity contribution in [1.82, 2.24) is 9.97 Å². The van der Waals surface area contributed by atoms with Gasteiger partial charge in [-0.05, 0) is 64.1 Å². The van der Waals surface area contributed by atoms with Crippen molar-refractivity contribution in [2.45, 2.75) is 46.5 Å². The molecule has 34 heavy (non-hydrogen) atoms. The fourth-order valence-corrected chi connectivity index (χ4v) is 3.15. The summed E-state index contributed by atoms with van der Waals surface area (Å²) in [5, 5.41) is 0. The molecule has 0 fully saturated rings. The maximum Gasteiger partial charge on any atom is 0.387 e. The molecule has 3 rings (SSSR count). The number of benzene rings is 2. The number of aromatic nitrogens is 2. The number of halogens is 2. The molecule has 0 bridgehead atoms. The lowest BCUT2D eigenvalue weighted by atomic mass is 10.1. The van der Waals surface area contributed by atoms with E-state index >= 15 is 0 Å². The molecule has 1 heterocycles. The SMILES string of the molecule is CCOc1cc(N(Cc2cnccn2)c2ccc(C(=O)OC(C)(C)C)cc2)ccc1OC(F)F. The molecule has 3 aromatic rings. The number of esters is 1. The van der Waals surface area contributed by atoms with Crippen LogP contribution in [0.15, 0.2) is 61.1 Å². The maximum atomic E-state index is 12.8. The molecular weight excluding hydrogens is 444 g/mol. The molecule has 0 unspecified atom stereocenters. The van der Waals surface area contributed by atoms with Crippen molar-refractivity contribution in [2.75, 3.05) is 11.5 Å². The molecule has 0 saturated heterocycles. The van der Waals surface area contributed by atoms with Crippen molar-refractivity contribution in [3.8, 4) is 11.5 Å². The summed E-state index contributed by atoms with van der Waals surface area (Å²) in [6.07, 6.45) is 4.80.